The molecule has 1 aromatic rings. The van der Waals surface area contributed by atoms with Gasteiger partial charge >= 0.3 is 0 Å². The van der Waals surface area contributed by atoms with Crippen LogP contribution < -0.4 is 4.90 Å². The van der Waals surface area contributed by atoms with E-state index < -0.39 is 0 Å². The van der Waals surface area contributed by atoms with Crippen molar-refractivity contribution in [3.05, 3.63) is 28.8 Å². The summed E-state index contributed by atoms with van der Waals surface area (Å²) in [5, 5.41) is 10.1. The molecule has 0 unspecified atom stereocenters. The number of aliphatic hydroxyl groups is 1. The van der Waals surface area contributed by atoms with E-state index in [1.54, 1.807) is 0 Å². The maximum Gasteiger partial charge on any atom is 0.0702 e. The molecule has 0 amide bonds. The third-order valence-corrected chi connectivity index (χ3v) is 3.42. The first kappa shape index (κ1) is 11.7. The molecule has 0 bridgehead atoms. The van der Waals surface area contributed by atoms with Gasteiger partial charge in [0.1, 0.15) is 0 Å². The van der Waals surface area contributed by atoms with Gasteiger partial charge in [-0.15, -0.1) is 0 Å². The van der Waals surface area contributed by atoms with Gasteiger partial charge in [0.25, 0.3) is 0 Å². The van der Waals surface area contributed by atoms with Crippen LogP contribution in [-0.2, 0) is 6.61 Å². The van der Waals surface area contributed by atoms with Gasteiger partial charge in [-0.25, -0.2) is 0 Å². The van der Waals surface area contributed by atoms with Crippen molar-refractivity contribution in [3.63, 3.8) is 0 Å². The average Bonchev–Trinajstić information content (AvgIpc) is 3.10. The lowest BCUT2D eigenvalue weighted by Gasteiger charge is -2.26. The fourth-order valence-corrected chi connectivity index (χ4v) is 2.35. The number of halogens is 1. The van der Waals surface area contributed by atoms with Crippen LogP contribution in [0.4, 0.5) is 5.69 Å². The maximum atomic E-state index is 9.35. The molecule has 1 saturated carbocycles. The number of benzene rings is 1. The predicted octanol–water partition coefficient (Wildman–Crippen LogP) is 3.07. The van der Waals surface area contributed by atoms with E-state index in [4.69, 9.17) is 11.6 Å². The largest absolute Gasteiger partial charge is 0.392 e. The fourth-order valence-electron chi connectivity index (χ4n) is 2.03. The quantitative estimate of drug-likeness (QED) is 0.854. The minimum atomic E-state index is 0.0526. The van der Waals surface area contributed by atoms with Crippen molar-refractivity contribution >= 4 is 17.3 Å². The van der Waals surface area contributed by atoms with Gasteiger partial charge in [-0.2, -0.15) is 0 Å². The lowest BCUT2D eigenvalue weighted by molar-refractivity contribution is 0.282. The maximum absolute atomic E-state index is 9.35. The molecule has 16 heavy (non-hydrogen) atoms. The van der Waals surface area contributed by atoms with Crippen LogP contribution in [-0.4, -0.2) is 18.2 Å². The van der Waals surface area contributed by atoms with Crippen LogP contribution in [0, 0.1) is 5.92 Å². The Labute approximate surface area is 102 Å². The second kappa shape index (κ2) is 5.07. The molecule has 0 spiro atoms. The number of aliphatic hydroxyl groups excluding tert-OH is 1. The number of para-hydroxylation sites is 1. The first-order chi connectivity index (χ1) is 7.76. The number of rotatable bonds is 5. The normalized spacial score (nSPS) is 15.2. The van der Waals surface area contributed by atoms with Crippen LogP contribution >= 0.6 is 11.6 Å². The Morgan fingerprint density at radius 1 is 1.44 bits per heavy atom. The predicted molar refractivity (Wildman–Crippen MR) is 68.0 cm³/mol. The molecule has 0 aromatic heterocycles. The molecule has 0 radical (unpaired) electrons. The Balaban J connectivity index is 2.26. The van der Waals surface area contributed by atoms with Gasteiger partial charge in [0.2, 0.25) is 0 Å². The molecule has 1 aliphatic carbocycles. The third-order valence-electron chi connectivity index (χ3n) is 3.11. The van der Waals surface area contributed by atoms with E-state index in [-0.39, 0.29) is 6.61 Å². The van der Waals surface area contributed by atoms with Crippen LogP contribution in [0.3, 0.4) is 0 Å². The molecule has 0 aliphatic heterocycles. The van der Waals surface area contributed by atoms with E-state index in [1.165, 1.54) is 12.8 Å². The lowest BCUT2D eigenvalue weighted by atomic mass is 10.1. The summed E-state index contributed by atoms with van der Waals surface area (Å²) in [5.74, 6) is 0.822. The summed E-state index contributed by atoms with van der Waals surface area (Å²) in [6, 6.07) is 5.73. The van der Waals surface area contributed by atoms with Crippen molar-refractivity contribution in [1.82, 2.24) is 0 Å². The van der Waals surface area contributed by atoms with E-state index in [9.17, 15) is 5.11 Å². The smallest absolute Gasteiger partial charge is 0.0702 e. The summed E-state index contributed by atoms with van der Waals surface area (Å²) >= 11 is 6.23. The van der Waals surface area contributed by atoms with Crippen molar-refractivity contribution in [2.45, 2.75) is 26.4 Å². The van der Waals surface area contributed by atoms with Gasteiger partial charge in [-0.05, 0) is 31.7 Å². The van der Waals surface area contributed by atoms with E-state index in [0.29, 0.717) is 0 Å². The Hall–Kier alpha value is -0.730. The van der Waals surface area contributed by atoms with Gasteiger partial charge in [0.05, 0.1) is 17.3 Å². The van der Waals surface area contributed by atoms with Crippen LogP contribution in [0.5, 0.6) is 0 Å². The molecule has 0 heterocycles. The zero-order valence-electron chi connectivity index (χ0n) is 9.62. The Bertz CT molecular complexity index is 363. The molecule has 1 aromatic carbocycles. The monoisotopic (exact) mass is 239 g/mol. The summed E-state index contributed by atoms with van der Waals surface area (Å²) in [6.07, 6.45) is 2.66. The first-order valence-corrected chi connectivity index (χ1v) is 6.27. The zero-order valence-corrected chi connectivity index (χ0v) is 10.4. The summed E-state index contributed by atoms with van der Waals surface area (Å²) in [6.45, 7) is 4.18. The number of hydrogen-bond donors (Lipinski definition) is 1. The highest BCUT2D eigenvalue weighted by Gasteiger charge is 2.25. The highest BCUT2D eigenvalue weighted by Crippen LogP contribution is 2.35. The van der Waals surface area contributed by atoms with Crippen LogP contribution in [0.2, 0.25) is 5.02 Å². The summed E-state index contributed by atoms with van der Waals surface area (Å²) in [4.78, 5) is 2.28. The van der Waals surface area contributed by atoms with Gasteiger partial charge in [0, 0.05) is 18.7 Å². The first-order valence-electron chi connectivity index (χ1n) is 5.89. The zero-order chi connectivity index (χ0) is 11.5. The molecular weight excluding hydrogens is 222 g/mol. The van der Waals surface area contributed by atoms with E-state index in [1.807, 2.05) is 18.2 Å². The van der Waals surface area contributed by atoms with Crippen molar-refractivity contribution in [1.29, 1.82) is 0 Å². The highest BCUT2D eigenvalue weighted by atomic mass is 35.5. The Morgan fingerprint density at radius 2 is 2.19 bits per heavy atom. The molecule has 3 heteroatoms. The Morgan fingerprint density at radius 3 is 2.75 bits per heavy atom. The summed E-state index contributed by atoms with van der Waals surface area (Å²) < 4.78 is 0. The molecule has 0 atom stereocenters. The van der Waals surface area contributed by atoms with Gasteiger partial charge in [-0.1, -0.05) is 23.7 Å². The van der Waals surface area contributed by atoms with Crippen LogP contribution in [0.25, 0.3) is 0 Å². The lowest BCUT2D eigenvalue weighted by Crippen LogP contribution is -2.26. The Kier molecular flexibility index (Phi) is 3.72. The molecule has 1 fully saturated rings. The minimum absolute atomic E-state index is 0.0526. The SMILES string of the molecule is CCN(CC1CC1)c1c(Cl)cccc1CO. The molecular formula is C13H18ClNO. The van der Waals surface area contributed by atoms with Crippen molar-refractivity contribution in [2.75, 3.05) is 18.0 Å². The van der Waals surface area contributed by atoms with Crippen LogP contribution in [0.1, 0.15) is 25.3 Å². The van der Waals surface area contributed by atoms with Crippen molar-refractivity contribution in [3.8, 4) is 0 Å². The molecule has 1 N–H and O–H groups in total. The van der Waals surface area contributed by atoms with E-state index >= 15 is 0 Å². The topological polar surface area (TPSA) is 23.5 Å². The summed E-state index contributed by atoms with van der Waals surface area (Å²) in [7, 11) is 0. The number of hydrogen-bond acceptors (Lipinski definition) is 2. The second-order valence-corrected chi connectivity index (χ2v) is 4.79. The molecule has 2 rings (SSSR count). The van der Waals surface area contributed by atoms with Crippen LogP contribution in [0.15, 0.2) is 18.2 Å². The van der Waals surface area contributed by atoms with Gasteiger partial charge in [0.15, 0.2) is 0 Å². The molecule has 0 saturated heterocycles. The number of anilines is 1. The third kappa shape index (κ3) is 2.50. The standard InChI is InChI=1S/C13H18ClNO/c1-2-15(8-10-6-7-10)13-11(9-16)4-3-5-12(13)14/h3-5,10,16H,2,6-9H2,1H3. The molecule has 88 valence electrons. The fraction of sp³-hybridized carbons (Fsp3) is 0.538. The minimum Gasteiger partial charge on any atom is -0.392 e. The van der Waals surface area contributed by atoms with E-state index in [0.717, 1.165) is 35.3 Å². The second-order valence-electron chi connectivity index (χ2n) is 4.39. The highest BCUT2D eigenvalue weighted by molar-refractivity contribution is 6.33. The van der Waals surface area contributed by atoms with Crippen molar-refractivity contribution < 1.29 is 5.11 Å². The average molecular weight is 240 g/mol. The summed E-state index contributed by atoms with van der Waals surface area (Å²) in [5.41, 5.74) is 1.94. The molecule has 2 nitrogen and oxygen atoms in total. The number of nitrogens with zero attached hydrogens (tertiary/aromatic N) is 1. The van der Waals surface area contributed by atoms with E-state index in [2.05, 4.69) is 11.8 Å². The molecule has 1 aliphatic rings. The van der Waals surface area contributed by atoms with Gasteiger partial charge < -0.3 is 10.0 Å². The van der Waals surface area contributed by atoms with Gasteiger partial charge in [-0.3, -0.25) is 0 Å². The van der Waals surface area contributed by atoms with Crippen molar-refractivity contribution in [2.24, 2.45) is 5.92 Å².